The molecule has 5 aromatic rings. The number of morpholine rings is 1. The van der Waals surface area contributed by atoms with Crippen LogP contribution in [0.1, 0.15) is 27.9 Å². The van der Waals surface area contributed by atoms with E-state index in [4.69, 9.17) is 31.8 Å². The summed E-state index contributed by atoms with van der Waals surface area (Å²) >= 11 is 5.87. The molecule has 0 aliphatic carbocycles. The van der Waals surface area contributed by atoms with Gasteiger partial charge in [-0.1, -0.05) is 17.7 Å². The zero-order valence-corrected chi connectivity index (χ0v) is 26.4. The van der Waals surface area contributed by atoms with Crippen molar-refractivity contribution in [3.8, 4) is 5.75 Å². The number of benzene rings is 2. The highest BCUT2D eigenvalue weighted by molar-refractivity contribution is 6.29. The second kappa shape index (κ2) is 15.0. The molecule has 242 valence electrons. The summed E-state index contributed by atoms with van der Waals surface area (Å²) in [6.45, 7) is 4.51. The van der Waals surface area contributed by atoms with E-state index in [9.17, 15) is 9.59 Å². The largest absolute Gasteiger partial charge is 0.491 e. The summed E-state index contributed by atoms with van der Waals surface area (Å²) in [6.07, 6.45) is 5.61. The molecule has 47 heavy (non-hydrogen) atoms. The van der Waals surface area contributed by atoms with Gasteiger partial charge >= 0.3 is 0 Å². The van der Waals surface area contributed by atoms with E-state index in [0.717, 1.165) is 54.2 Å². The molecular formula is C34H35ClN8O4. The second-order valence-electron chi connectivity index (χ2n) is 11.0. The molecule has 4 heterocycles. The standard InChI is InChI=1S/C34H35ClN8O4/c35-30-9-4-23(19-37-30)22-43-11-1-3-28(33(43)45)32(44)38-20-24-17-25-21-39-34(41-31(25)29(18-24)47-14-2-10-36)40-26-5-7-27(8-6-26)42-12-15-46-16-13-42/h1,3-9,11,17-19,21H,2,10,12-16,20,22,36H2,(H,38,44)(H,39,40,41). The van der Waals surface area contributed by atoms with Crippen LogP contribution >= 0.6 is 11.6 Å². The number of nitrogens with zero attached hydrogens (tertiary/aromatic N) is 5. The van der Waals surface area contributed by atoms with Crippen molar-refractivity contribution in [1.82, 2.24) is 24.8 Å². The lowest BCUT2D eigenvalue weighted by Gasteiger charge is -2.28. The molecule has 0 saturated carbocycles. The van der Waals surface area contributed by atoms with Crippen LogP contribution in [-0.2, 0) is 17.8 Å². The average molecular weight is 655 g/mol. The fourth-order valence-corrected chi connectivity index (χ4v) is 5.34. The highest BCUT2D eigenvalue weighted by Crippen LogP contribution is 2.28. The number of hydrogen-bond acceptors (Lipinski definition) is 10. The number of aromatic nitrogens is 4. The van der Waals surface area contributed by atoms with Crippen LogP contribution in [0.3, 0.4) is 0 Å². The lowest BCUT2D eigenvalue weighted by molar-refractivity contribution is 0.0948. The van der Waals surface area contributed by atoms with E-state index in [2.05, 4.69) is 37.6 Å². The van der Waals surface area contributed by atoms with Crippen molar-refractivity contribution >= 4 is 45.7 Å². The number of hydrogen-bond donors (Lipinski definition) is 3. The van der Waals surface area contributed by atoms with Crippen molar-refractivity contribution in [2.24, 2.45) is 5.73 Å². The van der Waals surface area contributed by atoms with Gasteiger partial charge in [-0.25, -0.2) is 15.0 Å². The maximum Gasteiger partial charge on any atom is 0.263 e. The Balaban J connectivity index is 1.17. The zero-order valence-electron chi connectivity index (χ0n) is 25.7. The predicted octanol–water partition coefficient (Wildman–Crippen LogP) is 4.13. The van der Waals surface area contributed by atoms with Crippen molar-refractivity contribution in [1.29, 1.82) is 0 Å². The Morgan fingerprint density at radius 1 is 1.02 bits per heavy atom. The van der Waals surface area contributed by atoms with E-state index in [1.165, 1.54) is 10.6 Å². The number of nitrogens with one attached hydrogen (secondary N) is 2. The summed E-state index contributed by atoms with van der Waals surface area (Å²) in [7, 11) is 0. The fourth-order valence-electron chi connectivity index (χ4n) is 5.22. The highest BCUT2D eigenvalue weighted by Gasteiger charge is 2.15. The van der Waals surface area contributed by atoms with Crippen molar-refractivity contribution in [3.63, 3.8) is 0 Å². The molecule has 1 aliphatic rings. The molecule has 1 aliphatic heterocycles. The number of amides is 1. The third-order valence-electron chi connectivity index (χ3n) is 7.67. The van der Waals surface area contributed by atoms with Crippen LogP contribution in [0.5, 0.6) is 5.75 Å². The predicted molar refractivity (Wildman–Crippen MR) is 182 cm³/mol. The van der Waals surface area contributed by atoms with Gasteiger partial charge in [-0.05, 0) is 78.7 Å². The SMILES string of the molecule is NCCCOc1cc(CNC(=O)c2cccn(Cc3ccc(Cl)nc3)c2=O)cc2cnc(Nc3ccc(N4CCOCC4)cc3)nc12. The number of rotatable bonds is 12. The van der Waals surface area contributed by atoms with Gasteiger partial charge in [0.2, 0.25) is 5.95 Å². The van der Waals surface area contributed by atoms with Crippen LogP contribution < -0.4 is 31.6 Å². The molecule has 4 N–H and O–H groups in total. The van der Waals surface area contributed by atoms with E-state index in [0.29, 0.717) is 41.9 Å². The van der Waals surface area contributed by atoms with Gasteiger partial charge in [-0.2, -0.15) is 0 Å². The van der Waals surface area contributed by atoms with Crippen molar-refractivity contribution in [2.45, 2.75) is 19.5 Å². The van der Waals surface area contributed by atoms with E-state index < -0.39 is 11.5 Å². The first-order valence-electron chi connectivity index (χ1n) is 15.4. The molecule has 0 radical (unpaired) electrons. The molecular weight excluding hydrogens is 620 g/mol. The van der Waals surface area contributed by atoms with Crippen LogP contribution in [-0.4, -0.2) is 64.9 Å². The van der Waals surface area contributed by atoms with Gasteiger partial charge in [0.15, 0.2) is 0 Å². The number of fused-ring (bicyclic) bond motifs is 1. The van der Waals surface area contributed by atoms with E-state index in [-0.39, 0.29) is 18.7 Å². The molecule has 0 bridgehead atoms. The van der Waals surface area contributed by atoms with Gasteiger partial charge in [0.25, 0.3) is 11.5 Å². The first kappa shape index (κ1) is 31.9. The van der Waals surface area contributed by atoms with Gasteiger partial charge < -0.3 is 35.3 Å². The van der Waals surface area contributed by atoms with Crippen LogP contribution in [0.15, 0.2) is 84.0 Å². The Labute approximate surface area is 276 Å². The Hall–Kier alpha value is -5.04. The number of pyridine rings is 2. The Morgan fingerprint density at radius 3 is 2.62 bits per heavy atom. The van der Waals surface area contributed by atoms with E-state index in [1.54, 1.807) is 36.8 Å². The Bertz CT molecular complexity index is 1890. The van der Waals surface area contributed by atoms with Gasteiger partial charge in [-0.15, -0.1) is 0 Å². The van der Waals surface area contributed by atoms with Gasteiger partial charge in [0.05, 0.1) is 26.4 Å². The smallest absolute Gasteiger partial charge is 0.263 e. The number of carbonyl (C=O) groups excluding carboxylic acids is 1. The molecule has 0 atom stereocenters. The molecule has 0 spiro atoms. The molecule has 6 rings (SSSR count). The van der Waals surface area contributed by atoms with Gasteiger partial charge in [-0.3, -0.25) is 9.59 Å². The maximum absolute atomic E-state index is 13.1. The number of carbonyl (C=O) groups is 1. The molecule has 12 nitrogen and oxygen atoms in total. The van der Waals surface area contributed by atoms with E-state index in [1.807, 2.05) is 24.3 Å². The summed E-state index contributed by atoms with van der Waals surface area (Å²) < 4.78 is 13.0. The molecule has 2 aromatic carbocycles. The van der Waals surface area contributed by atoms with Crippen molar-refractivity contribution in [3.05, 3.63) is 111 Å². The minimum atomic E-state index is -0.486. The van der Waals surface area contributed by atoms with Gasteiger partial charge in [0.1, 0.15) is 22.0 Å². The molecule has 1 saturated heterocycles. The number of ether oxygens (including phenoxy) is 2. The van der Waals surface area contributed by atoms with Crippen LogP contribution in [0.25, 0.3) is 10.9 Å². The topological polar surface area (TPSA) is 150 Å². The van der Waals surface area contributed by atoms with Crippen LogP contribution in [0.4, 0.5) is 17.3 Å². The number of halogens is 1. The summed E-state index contributed by atoms with van der Waals surface area (Å²) in [4.78, 5) is 41.9. The molecule has 0 unspecified atom stereocenters. The van der Waals surface area contributed by atoms with Crippen molar-refractivity contribution in [2.75, 3.05) is 49.7 Å². The third kappa shape index (κ3) is 8.04. The molecule has 13 heteroatoms. The van der Waals surface area contributed by atoms with Gasteiger partial charge in [0, 0.05) is 55.0 Å². The average Bonchev–Trinajstić information content (AvgIpc) is 3.10. The molecule has 3 aromatic heterocycles. The lowest BCUT2D eigenvalue weighted by atomic mass is 10.1. The minimum Gasteiger partial charge on any atom is -0.491 e. The number of anilines is 3. The normalized spacial score (nSPS) is 13.0. The summed E-state index contributed by atoms with van der Waals surface area (Å²) in [5.41, 5.74) is 9.50. The Morgan fingerprint density at radius 2 is 1.85 bits per heavy atom. The lowest BCUT2D eigenvalue weighted by Crippen LogP contribution is -2.36. The van der Waals surface area contributed by atoms with Crippen molar-refractivity contribution < 1.29 is 14.3 Å². The number of nitrogens with two attached hydrogens (primary N) is 1. The zero-order chi connectivity index (χ0) is 32.6. The molecule has 1 fully saturated rings. The first-order valence-corrected chi connectivity index (χ1v) is 15.7. The monoisotopic (exact) mass is 654 g/mol. The highest BCUT2D eigenvalue weighted by atomic mass is 35.5. The quantitative estimate of drug-likeness (QED) is 0.132. The summed E-state index contributed by atoms with van der Waals surface area (Å²) in [6, 6.07) is 18.5. The first-order chi connectivity index (χ1) is 23.0. The minimum absolute atomic E-state index is 0.0339. The summed E-state index contributed by atoms with van der Waals surface area (Å²) in [5, 5.41) is 7.25. The fraction of sp³-hybridized carbons (Fsp3) is 0.265. The van der Waals surface area contributed by atoms with E-state index >= 15 is 0 Å². The van der Waals surface area contributed by atoms with Crippen LogP contribution in [0.2, 0.25) is 5.15 Å². The third-order valence-corrected chi connectivity index (χ3v) is 7.90. The maximum atomic E-state index is 13.1. The Kier molecular flexibility index (Phi) is 10.2. The molecule has 1 amide bonds. The van der Waals surface area contributed by atoms with Crippen LogP contribution in [0, 0.1) is 0 Å². The second-order valence-corrected chi connectivity index (χ2v) is 11.4. The summed E-state index contributed by atoms with van der Waals surface area (Å²) in [5.74, 6) is 0.489.